The second-order valence-corrected chi connectivity index (χ2v) is 4.89. The van der Waals surface area contributed by atoms with E-state index in [1.165, 1.54) is 12.6 Å². The van der Waals surface area contributed by atoms with Gasteiger partial charge in [-0.1, -0.05) is 0 Å². The van der Waals surface area contributed by atoms with Gasteiger partial charge in [-0.25, -0.2) is 4.98 Å². The average Bonchev–Trinajstić information content (AvgIpc) is 2.38. The van der Waals surface area contributed by atoms with Crippen LogP contribution in [0.25, 0.3) is 0 Å². The molecule has 1 saturated heterocycles. The summed E-state index contributed by atoms with van der Waals surface area (Å²) in [6.45, 7) is 4.18. The molecule has 2 atom stereocenters. The highest BCUT2D eigenvalue weighted by Crippen LogP contribution is 2.24. The van der Waals surface area contributed by atoms with E-state index in [9.17, 15) is 4.79 Å². The van der Waals surface area contributed by atoms with Gasteiger partial charge in [-0.3, -0.25) is 4.79 Å². The Hall–Kier alpha value is -1.89. The Bertz CT molecular complexity index is 465. The molecule has 1 fully saturated rings. The lowest BCUT2D eigenvalue weighted by atomic mass is 9.96. The van der Waals surface area contributed by atoms with Crippen molar-refractivity contribution in [2.45, 2.75) is 45.2 Å². The molecule has 0 bridgehead atoms. The third kappa shape index (κ3) is 2.35. The smallest absolute Gasteiger partial charge is 0.255 e. The van der Waals surface area contributed by atoms with Crippen LogP contribution in [0.3, 0.4) is 0 Å². The van der Waals surface area contributed by atoms with E-state index >= 15 is 0 Å². The first kappa shape index (κ1) is 12.6. The van der Waals surface area contributed by atoms with Crippen LogP contribution in [0.15, 0.2) is 18.3 Å². The van der Waals surface area contributed by atoms with E-state index < -0.39 is 0 Å². The van der Waals surface area contributed by atoms with Crippen LogP contribution in [0.4, 0.5) is 0 Å². The van der Waals surface area contributed by atoms with E-state index in [1.54, 1.807) is 12.1 Å². The maximum atomic E-state index is 12.4. The highest BCUT2D eigenvalue weighted by molar-refractivity contribution is 5.94. The first-order valence-electron chi connectivity index (χ1n) is 6.32. The molecule has 4 nitrogen and oxygen atoms in total. The summed E-state index contributed by atoms with van der Waals surface area (Å²) in [5.41, 5.74) is 0.904. The van der Waals surface area contributed by atoms with Gasteiger partial charge >= 0.3 is 0 Å². The summed E-state index contributed by atoms with van der Waals surface area (Å²) in [5, 5.41) is 8.69. The van der Waals surface area contributed by atoms with Crippen molar-refractivity contribution >= 4 is 5.91 Å². The van der Waals surface area contributed by atoms with Crippen molar-refractivity contribution in [3.05, 3.63) is 29.6 Å². The van der Waals surface area contributed by atoms with E-state index in [0.29, 0.717) is 11.3 Å². The summed E-state index contributed by atoms with van der Waals surface area (Å²) in [7, 11) is 0. The van der Waals surface area contributed by atoms with Crippen molar-refractivity contribution in [3.63, 3.8) is 0 Å². The molecular formula is C14H17N3O. The van der Waals surface area contributed by atoms with Crippen LogP contribution in [0, 0.1) is 11.3 Å². The molecule has 1 amide bonds. The number of hydrogen-bond acceptors (Lipinski definition) is 3. The molecule has 0 saturated carbocycles. The number of piperidine rings is 1. The molecule has 2 heterocycles. The van der Waals surface area contributed by atoms with Gasteiger partial charge in [-0.2, -0.15) is 5.26 Å². The molecule has 1 aromatic rings. The monoisotopic (exact) mass is 243 g/mol. The fourth-order valence-electron chi connectivity index (χ4n) is 2.56. The Morgan fingerprint density at radius 3 is 2.56 bits per heavy atom. The summed E-state index contributed by atoms with van der Waals surface area (Å²) in [6.07, 6.45) is 4.78. The number of carbonyl (C=O) groups excluding carboxylic acids is 1. The Kier molecular flexibility index (Phi) is 3.61. The van der Waals surface area contributed by atoms with Crippen LogP contribution in [-0.4, -0.2) is 27.9 Å². The van der Waals surface area contributed by atoms with Gasteiger partial charge in [0.05, 0.1) is 5.56 Å². The van der Waals surface area contributed by atoms with E-state index in [2.05, 4.69) is 18.8 Å². The Morgan fingerprint density at radius 1 is 1.39 bits per heavy atom. The van der Waals surface area contributed by atoms with Gasteiger partial charge in [0.15, 0.2) is 0 Å². The van der Waals surface area contributed by atoms with Gasteiger partial charge < -0.3 is 4.90 Å². The van der Waals surface area contributed by atoms with Gasteiger partial charge in [0.25, 0.3) is 5.91 Å². The van der Waals surface area contributed by atoms with Crippen LogP contribution in [0.1, 0.15) is 49.2 Å². The number of rotatable bonds is 1. The molecule has 1 aliphatic heterocycles. The minimum atomic E-state index is 0.0201. The number of nitriles is 1. The largest absolute Gasteiger partial charge is 0.333 e. The standard InChI is InChI=1S/C14H17N3O/c1-10-4-3-5-11(2)17(10)14(18)12-6-7-13(8-15)16-9-12/h6-7,9-11H,3-5H2,1-2H3. The molecule has 2 unspecified atom stereocenters. The first-order chi connectivity index (χ1) is 8.63. The Labute approximate surface area is 107 Å². The zero-order valence-corrected chi connectivity index (χ0v) is 10.8. The van der Waals surface area contributed by atoms with Gasteiger partial charge in [-0.05, 0) is 45.2 Å². The molecule has 18 heavy (non-hydrogen) atoms. The Balaban J connectivity index is 2.21. The summed E-state index contributed by atoms with van der Waals surface area (Å²) in [6, 6.07) is 5.78. The highest BCUT2D eigenvalue weighted by Gasteiger charge is 2.29. The summed E-state index contributed by atoms with van der Waals surface area (Å²) in [5.74, 6) is 0.0201. The number of amides is 1. The number of aromatic nitrogens is 1. The van der Waals surface area contributed by atoms with E-state index in [1.807, 2.05) is 11.0 Å². The Morgan fingerprint density at radius 2 is 2.06 bits per heavy atom. The minimum absolute atomic E-state index is 0.0201. The predicted molar refractivity (Wildman–Crippen MR) is 67.9 cm³/mol. The van der Waals surface area contributed by atoms with Crippen LogP contribution in [0.5, 0.6) is 0 Å². The summed E-state index contributed by atoms with van der Waals surface area (Å²) in [4.78, 5) is 18.3. The fraction of sp³-hybridized carbons (Fsp3) is 0.500. The summed E-state index contributed by atoms with van der Waals surface area (Å²) < 4.78 is 0. The molecule has 2 rings (SSSR count). The molecular weight excluding hydrogens is 226 g/mol. The second-order valence-electron chi connectivity index (χ2n) is 4.89. The van der Waals surface area contributed by atoms with Gasteiger partial charge in [0.1, 0.15) is 11.8 Å². The average molecular weight is 243 g/mol. The maximum absolute atomic E-state index is 12.4. The lowest BCUT2D eigenvalue weighted by Crippen LogP contribution is -2.47. The molecule has 0 aliphatic carbocycles. The molecule has 1 aliphatic rings. The van der Waals surface area contributed by atoms with Crippen LogP contribution >= 0.6 is 0 Å². The zero-order chi connectivity index (χ0) is 13.1. The van der Waals surface area contributed by atoms with Crippen molar-refractivity contribution in [1.82, 2.24) is 9.88 Å². The second kappa shape index (κ2) is 5.18. The number of carbonyl (C=O) groups is 1. The molecule has 1 aromatic heterocycles. The normalized spacial score (nSPS) is 23.5. The van der Waals surface area contributed by atoms with Crippen molar-refractivity contribution in [1.29, 1.82) is 5.26 Å². The van der Waals surface area contributed by atoms with E-state index in [4.69, 9.17) is 5.26 Å². The molecule has 0 radical (unpaired) electrons. The third-order valence-corrected chi connectivity index (χ3v) is 3.55. The minimum Gasteiger partial charge on any atom is -0.333 e. The quantitative estimate of drug-likeness (QED) is 0.760. The first-order valence-corrected chi connectivity index (χ1v) is 6.32. The van der Waals surface area contributed by atoms with Crippen molar-refractivity contribution < 1.29 is 4.79 Å². The maximum Gasteiger partial charge on any atom is 0.255 e. The van der Waals surface area contributed by atoms with Gasteiger partial charge in [0, 0.05) is 18.3 Å². The number of likely N-dealkylation sites (tertiary alicyclic amines) is 1. The SMILES string of the molecule is CC1CCCC(C)N1C(=O)c1ccc(C#N)nc1. The van der Waals surface area contributed by atoms with Crippen LogP contribution in [0.2, 0.25) is 0 Å². The van der Waals surface area contributed by atoms with Gasteiger partial charge in [0.2, 0.25) is 0 Å². The number of hydrogen-bond donors (Lipinski definition) is 0. The van der Waals surface area contributed by atoms with Crippen molar-refractivity contribution in [2.24, 2.45) is 0 Å². The third-order valence-electron chi connectivity index (χ3n) is 3.55. The lowest BCUT2D eigenvalue weighted by molar-refractivity contribution is 0.0510. The van der Waals surface area contributed by atoms with Crippen LogP contribution in [-0.2, 0) is 0 Å². The van der Waals surface area contributed by atoms with Crippen LogP contribution < -0.4 is 0 Å². The number of pyridine rings is 1. The topological polar surface area (TPSA) is 57.0 Å². The van der Waals surface area contributed by atoms with Crippen molar-refractivity contribution in [3.8, 4) is 6.07 Å². The van der Waals surface area contributed by atoms with E-state index in [-0.39, 0.29) is 18.0 Å². The predicted octanol–water partition coefficient (Wildman–Crippen LogP) is 2.36. The molecule has 94 valence electrons. The van der Waals surface area contributed by atoms with Crippen molar-refractivity contribution in [2.75, 3.05) is 0 Å². The molecule has 4 heteroatoms. The molecule has 0 N–H and O–H groups in total. The highest BCUT2D eigenvalue weighted by atomic mass is 16.2. The number of nitrogens with zero attached hydrogens (tertiary/aromatic N) is 3. The summed E-state index contributed by atoms with van der Waals surface area (Å²) >= 11 is 0. The van der Waals surface area contributed by atoms with E-state index in [0.717, 1.165) is 12.8 Å². The molecule has 0 aromatic carbocycles. The molecule has 0 spiro atoms. The lowest BCUT2D eigenvalue weighted by Gasteiger charge is -2.39. The zero-order valence-electron chi connectivity index (χ0n) is 10.8. The van der Waals surface area contributed by atoms with Gasteiger partial charge in [-0.15, -0.1) is 0 Å². The fourth-order valence-corrected chi connectivity index (χ4v) is 2.56.